The molecule has 0 saturated carbocycles. The Hall–Kier alpha value is -1.58. The summed E-state index contributed by atoms with van der Waals surface area (Å²) >= 11 is 0. The second-order valence-electron chi connectivity index (χ2n) is 2.91. The zero-order valence-corrected chi connectivity index (χ0v) is 6.90. The maximum atomic E-state index is 13.4. The van der Waals surface area contributed by atoms with Crippen molar-refractivity contribution in [1.29, 1.82) is 0 Å². The number of benzene rings is 1. The van der Waals surface area contributed by atoms with Crippen molar-refractivity contribution in [3.05, 3.63) is 24.3 Å². The van der Waals surface area contributed by atoms with Gasteiger partial charge < -0.3 is 10.1 Å². The number of anilines is 2. The number of rotatable bonds is 1. The fourth-order valence-electron chi connectivity index (χ4n) is 1.38. The van der Waals surface area contributed by atoms with Crippen molar-refractivity contribution in [3.8, 4) is 0 Å². The Labute approximate surface area is 75.1 Å². The van der Waals surface area contributed by atoms with Crippen molar-refractivity contribution >= 4 is 17.7 Å². The summed E-state index contributed by atoms with van der Waals surface area (Å²) in [6, 6.07) is 6.26. The van der Waals surface area contributed by atoms with Gasteiger partial charge in [-0.25, -0.2) is 0 Å². The number of hydrogen-bond acceptors (Lipinski definition) is 3. The number of nitrogens with one attached hydrogen (secondary N) is 1. The molecule has 1 aliphatic heterocycles. The molecule has 0 fully saturated rings. The summed E-state index contributed by atoms with van der Waals surface area (Å²) in [5, 5.41) is 3.48. The van der Waals surface area contributed by atoms with Gasteiger partial charge in [0.25, 0.3) is 0 Å². The minimum atomic E-state index is -0.713. The van der Waals surface area contributed by atoms with E-state index in [9.17, 15) is 9.28 Å². The number of fused-ring (bicyclic) bond motifs is 1. The van der Waals surface area contributed by atoms with Crippen molar-refractivity contribution < 1.29 is 9.28 Å². The lowest BCUT2D eigenvalue weighted by Gasteiger charge is -2.28. The standard InChI is InChI=1S/C9H9FN2O/c10-12-7(6-13)5-11-8-3-1-2-4-9(8)12/h1-4,6-7,11H,5H2. The summed E-state index contributed by atoms with van der Waals surface area (Å²) in [5.74, 6) is 0. The van der Waals surface area contributed by atoms with Crippen LogP contribution in [0.1, 0.15) is 0 Å². The topological polar surface area (TPSA) is 32.3 Å². The van der Waals surface area contributed by atoms with Gasteiger partial charge in [-0.15, -0.1) is 0 Å². The monoisotopic (exact) mass is 180 g/mol. The zero-order chi connectivity index (χ0) is 9.26. The van der Waals surface area contributed by atoms with Crippen LogP contribution in [0.4, 0.5) is 15.9 Å². The zero-order valence-electron chi connectivity index (χ0n) is 6.90. The Balaban J connectivity index is 2.38. The number of para-hydroxylation sites is 2. The smallest absolute Gasteiger partial charge is 0.147 e. The fraction of sp³-hybridized carbons (Fsp3) is 0.222. The second kappa shape index (κ2) is 3.05. The van der Waals surface area contributed by atoms with E-state index in [1.54, 1.807) is 18.2 Å². The molecule has 0 aromatic heterocycles. The van der Waals surface area contributed by atoms with Crippen molar-refractivity contribution in [3.63, 3.8) is 0 Å². The lowest BCUT2D eigenvalue weighted by Crippen LogP contribution is -2.39. The van der Waals surface area contributed by atoms with Gasteiger partial charge in [0, 0.05) is 6.54 Å². The lowest BCUT2D eigenvalue weighted by atomic mass is 10.1. The molecule has 1 aromatic rings. The minimum Gasteiger partial charge on any atom is -0.381 e. The molecule has 68 valence electrons. The van der Waals surface area contributed by atoms with E-state index in [0.29, 0.717) is 23.6 Å². The Morgan fingerprint density at radius 3 is 3.08 bits per heavy atom. The van der Waals surface area contributed by atoms with E-state index in [4.69, 9.17) is 0 Å². The molecular formula is C9H9FN2O. The van der Waals surface area contributed by atoms with Gasteiger partial charge in [-0.05, 0) is 12.1 Å². The predicted molar refractivity (Wildman–Crippen MR) is 48.4 cm³/mol. The van der Waals surface area contributed by atoms with Gasteiger partial charge in [0.05, 0.1) is 11.4 Å². The van der Waals surface area contributed by atoms with Crippen LogP contribution >= 0.6 is 0 Å². The van der Waals surface area contributed by atoms with Crippen molar-refractivity contribution in [2.45, 2.75) is 6.04 Å². The van der Waals surface area contributed by atoms with Gasteiger partial charge in [0.15, 0.2) is 0 Å². The highest BCUT2D eigenvalue weighted by Gasteiger charge is 2.25. The third-order valence-corrected chi connectivity index (χ3v) is 2.08. The Morgan fingerprint density at radius 1 is 1.54 bits per heavy atom. The van der Waals surface area contributed by atoms with E-state index in [1.807, 2.05) is 6.07 Å². The van der Waals surface area contributed by atoms with Crippen LogP contribution in [0, 0.1) is 0 Å². The van der Waals surface area contributed by atoms with Crippen LogP contribution in [0.15, 0.2) is 24.3 Å². The lowest BCUT2D eigenvalue weighted by molar-refractivity contribution is -0.109. The number of nitrogens with zero attached hydrogens (tertiary/aromatic N) is 1. The highest BCUT2D eigenvalue weighted by Crippen LogP contribution is 2.30. The molecule has 0 bridgehead atoms. The van der Waals surface area contributed by atoms with Gasteiger partial charge in [-0.3, -0.25) is 0 Å². The molecule has 0 amide bonds. The summed E-state index contributed by atoms with van der Waals surface area (Å²) in [6.07, 6.45) is 0.600. The molecule has 1 aliphatic rings. The van der Waals surface area contributed by atoms with E-state index >= 15 is 0 Å². The predicted octanol–water partition coefficient (Wildman–Crippen LogP) is 1.37. The van der Waals surface area contributed by atoms with Gasteiger partial charge in [0.1, 0.15) is 12.3 Å². The summed E-state index contributed by atoms with van der Waals surface area (Å²) in [6.45, 7) is 0.316. The van der Waals surface area contributed by atoms with Crippen LogP contribution in [-0.4, -0.2) is 18.9 Å². The SMILES string of the molecule is O=CC1CNc2ccccc2N1F. The van der Waals surface area contributed by atoms with E-state index < -0.39 is 6.04 Å². The first-order chi connectivity index (χ1) is 6.33. The molecule has 3 nitrogen and oxygen atoms in total. The van der Waals surface area contributed by atoms with Gasteiger partial charge in [0.2, 0.25) is 0 Å². The number of hydrogen-bond donors (Lipinski definition) is 1. The largest absolute Gasteiger partial charge is 0.381 e. The first-order valence-electron chi connectivity index (χ1n) is 4.06. The molecular weight excluding hydrogens is 171 g/mol. The molecule has 1 aromatic carbocycles. The van der Waals surface area contributed by atoms with Crippen molar-refractivity contribution in [1.82, 2.24) is 0 Å². The molecule has 0 saturated heterocycles. The highest BCUT2D eigenvalue weighted by molar-refractivity contribution is 5.77. The molecule has 4 heteroatoms. The third kappa shape index (κ3) is 1.24. The Kier molecular flexibility index (Phi) is 1.88. The molecule has 1 unspecified atom stereocenters. The first-order valence-corrected chi connectivity index (χ1v) is 4.06. The maximum Gasteiger partial charge on any atom is 0.147 e. The summed E-state index contributed by atoms with van der Waals surface area (Å²) in [4.78, 5) is 10.5. The van der Waals surface area contributed by atoms with E-state index in [1.165, 1.54) is 0 Å². The first kappa shape index (κ1) is 8.04. The summed E-state index contributed by atoms with van der Waals surface area (Å²) in [5.41, 5.74) is 1.15. The average Bonchev–Trinajstić information content (AvgIpc) is 2.19. The van der Waals surface area contributed by atoms with Crippen molar-refractivity contribution in [2.24, 2.45) is 0 Å². The second-order valence-corrected chi connectivity index (χ2v) is 2.91. The molecule has 0 spiro atoms. The highest BCUT2D eigenvalue weighted by atomic mass is 19.2. The Morgan fingerprint density at radius 2 is 2.31 bits per heavy atom. The Bertz CT molecular complexity index is 329. The molecule has 1 N–H and O–H groups in total. The number of halogens is 1. The molecule has 13 heavy (non-hydrogen) atoms. The van der Waals surface area contributed by atoms with E-state index in [-0.39, 0.29) is 0 Å². The van der Waals surface area contributed by atoms with Crippen molar-refractivity contribution in [2.75, 3.05) is 17.0 Å². The van der Waals surface area contributed by atoms with Crippen LogP contribution in [0.3, 0.4) is 0 Å². The van der Waals surface area contributed by atoms with Crippen LogP contribution in [0.2, 0.25) is 0 Å². The molecule has 1 heterocycles. The van der Waals surface area contributed by atoms with E-state index in [0.717, 1.165) is 5.69 Å². The molecule has 1 atom stereocenters. The quantitative estimate of drug-likeness (QED) is 0.523. The van der Waals surface area contributed by atoms with E-state index in [2.05, 4.69) is 5.32 Å². The van der Waals surface area contributed by atoms with Crippen LogP contribution in [-0.2, 0) is 4.79 Å². The number of carbonyl (C=O) groups is 1. The van der Waals surface area contributed by atoms with Gasteiger partial charge in [-0.2, -0.15) is 5.12 Å². The van der Waals surface area contributed by atoms with Gasteiger partial charge >= 0.3 is 0 Å². The number of carbonyl (C=O) groups excluding carboxylic acids is 1. The minimum absolute atomic E-state index is 0.316. The summed E-state index contributed by atoms with van der Waals surface area (Å²) in [7, 11) is 0. The normalized spacial score (nSPS) is 20.4. The molecule has 2 rings (SSSR count). The van der Waals surface area contributed by atoms with Crippen LogP contribution in [0.5, 0.6) is 0 Å². The van der Waals surface area contributed by atoms with Gasteiger partial charge in [-0.1, -0.05) is 16.6 Å². The molecule has 0 aliphatic carbocycles. The van der Waals surface area contributed by atoms with Crippen LogP contribution < -0.4 is 10.4 Å². The molecule has 0 radical (unpaired) electrons. The fourth-order valence-corrected chi connectivity index (χ4v) is 1.38. The number of aldehydes is 1. The third-order valence-electron chi connectivity index (χ3n) is 2.08. The van der Waals surface area contributed by atoms with Crippen LogP contribution in [0.25, 0.3) is 0 Å². The maximum absolute atomic E-state index is 13.4. The average molecular weight is 180 g/mol. The summed E-state index contributed by atoms with van der Waals surface area (Å²) < 4.78 is 13.4.